The summed E-state index contributed by atoms with van der Waals surface area (Å²) in [6, 6.07) is 8.00. The van der Waals surface area contributed by atoms with Gasteiger partial charge in [-0.15, -0.1) is 0 Å². The maximum Gasteiger partial charge on any atom is 0.311 e. The van der Waals surface area contributed by atoms with Gasteiger partial charge < -0.3 is 20.1 Å². The lowest BCUT2D eigenvalue weighted by molar-refractivity contribution is -0.141. The van der Waals surface area contributed by atoms with Gasteiger partial charge in [-0.05, 0) is 100 Å². The third kappa shape index (κ3) is 6.66. The van der Waals surface area contributed by atoms with Gasteiger partial charge in [0.25, 0.3) is 0 Å². The molecule has 1 saturated heterocycles. The Hall–Kier alpha value is -2.67. The minimum atomic E-state index is -0.903. The lowest BCUT2D eigenvalue weighted by atomic mass is 9.76. The van der Waals surface area contributed by atoms with Crippen molar-refractivity contribution < 1.29 is 19.0 Å². The van der Waals surface area contributed by atoms with Crippen LogP contribution >= 0.6 is 0 Å². The fourth-order valence-corrected chi connectivity index (χ4v) is 6.20. The molecule has 0 bridgehead atoms. The van der Waals surface area contributed by atoms with Crippen molar-refractivity contribution in [3.05, 3.63) is 52.5 Å². The number of likely N-dealkylation sites (tertiary alicyclic amines) is 1. The summed E-state index contributed by atoms with van der Waals surface area (Å²) < 4.78 is 20.2. The highest BCUT2D eigenvalue weighted by Crippen LogP contribution is 2.41. The highest BCUT2D eigenvalue weighted by molar-refractivity contribution is 5.78. The highest BCUT2D eigenvalue weighted by atomic mass is 19.1. The Balaban J connectivity index is 1.30. The Morgan fingerprint density at radius 2 is 2.08 bits per heavy atom. The Morgan fingerprint density at radius 3 is 2.79 bits per heavy atom. The molecule has 0 unspecified atom stereocenters. The fourth-order valence-electron chi connectivity index (χ4n) is 6.20. The van der Waals surface area contributed by atoms with E-state index < -0.39 is 17.7 Å². The van der Waals surface area contributed by atoms with Crippen molar-refractivity contribution in [3.8, 4) is 5.75 Å². The van der Waals surface area contributed by atoms with Crippen molar-refractivity contribution in [2.24, 2.45) is 5.92 Å². The molecule has 0 aliphatic carbocycles. The number of carbonyl (C=O) groups is 1. The molecule has 38 heavy (non-hydrogen) atoms. The zero-order chi connectivity index (χ0) is 27.2. The molecule has 2 aromatic rings. The number of benzene rings is 1. The van der Waals surface area contributed by atoms with Gasteiger partial charge in [-0.1, -0.05) is 32.4 Å². The number of piperidine rings is 1. The first-order valence-corrected chi connectivity index (χ1v) is 14.3. The summed E-state index contributed by atoms with van der Waals surface area (Å²) in [5.74, 6) is -0.974. The smallest absolute Gasteiger partial charge is 0.311 e. The van der Waals surface area contributed by atoms with Crippen molar-refractivity contribution in [3.63, 3.8) is 0 Å². The number of aliphatic carboxylic acids is 1. The minimum Gasteiger partial charge on any atom is -0.493 e. The quantitative estimate of drug-likeness (QED) is 0.331. The first kappa shape index (κ1) is 28.3. The second-order valence-electron chi connectivity index (χ2n) is 11.4. The Bertz CT molecular complexity index is 1110. The Kier molecular flexibility index (Phi) is 9.64. The Labute approximate surface area is 227 Å². The van der Waals surface area contributed by atoms with Crippen LogP contribution in [0.5, 0.6) is 5.75 Å². The van der Waals surface area contributed by atoms with E-state index in [4.69, 9.17) is 9.72 Å². The van der Waals surface area contributed by atoms with Gasteiger partial charge in [0.15, 0.2) is 11.6 Å². The van der Waals surface area contributed by atoms with Crippen molar-refractivity contribution >= 4 is 11.8 Å². The molecule has 4 rings (SSSR count). The summed E-state index contributed by atoms with van der Waals surface area (Å²) in [6.07, 6.45) is 8.25. The summed E-state index contributed by atoms with van der Waals surface area (Å²) in [7, 11) is 1.42. The number of carboxylic acids is 1. The second-order valence-corrected chi connectivity index (χ2v) is 11.4. The number of aryl methyl sites for hydroxylation is 2. The molecular formula is C31H44FN3O3. The second kappa shape index (κ2) is 12.9. The average Bonchev–Trinajstić information content (AvgIpc) is 2.89. The molecule has 7 heteroatoms. The zero-order valence-electron chi connectivity index (χ0n) is 23.4. The van der Waals surface area contributed by atoms with Crippen molar-refractivity contribution in [1.29, 1.82) is 0 Å². The molecule has 3 heterocycles. The molecule has 1 aromatic carbocycles. The molecule has 0 saturated carbocycles. The molecule has 2 N–H and O–H groups in total. The van der Waals surface area contributed by atoms with E-state index in [1.54, 1.807) is 0 Å². The molecule has 3 atom stereocenters. The fraction of sp³-hybridized carbons (Fsp3) is 0.613. The van der Waals surface area contributed by atoms with E-state index in [9.17, 15) is 14.3 Å². The molecule has 2 aliphatic heterocycles. The summed E-state index contributed by atoms with van der Waals surface area (Å²) in [4.78, 5) is 19.8. The summed E-state index contributed by atoms with van der Waals surface area (Å²) in [6.45, 7) is 9.07. The van der Waals surface area contributed by atoms with Crippen LogP contribution in [0.3, 0.4) is 0 Å². The van der Waals surface area contributed by atoms with Crippen LogP contribution in [0.25, 0.3) is 0 Å². The molecule has 0 amide bonds. The molecule has 1 aromatic heterocycles. The normalized spacial score (nSPS) is 20.6. The van der Waals surface area contributed by atoms with E-state index in [0.29, 0.717) is 5.56 Å². The average molecular weight is 526 g/mol. The molecule has 0 radical (unpaired) electrons. The van der Waals surface area contributed by atoms with E-state index in [1.165, 1.54) is 30.9 Å². The van der Waals surface area contributed by atoms with Crippen LogP contribution in [0, 0.1) is 11.7 Å². The topological polar surface area (TPSA) is 74.7 Å². The van der Waals surface area contributed by atoms with Crippen LogP contribution < -0.4 is 10.1 Å². The number of ether oxygens (including phenoxy) is 1. The number of nitrogens with zero attached hydrogens (tertiary/aromatic N) is 2. The number of methoxy groups -OCH3 is 1. The van der Waals surface area contributed by atoms with E-state index >= 15 is 0 Å². The number of anilines is 1. The largest absolute Gasteiger partial charge is 0.493 e. The van der Waals surface area contributed by atoms with Gasteiger partial charge in [-0.25, -0.2) is 9.37 Å². The van der Waals surface area contributed by atoms with Crippen LogP contribution in [0.4, 0.5) is 10.2 Å². The van der Waals surface area contributed by atoms with Gasteiger partial charge in [0.2, 0.25) is 0 Å². The van der Waals surface area contributed by atoms with E-state index in [2.05, 4.69) is 29.3 Å². The SMILES string of the molecule is COc1c(F)cc(C(C)C)cc1[C@@H](C(=O)O)[C@@H]1CCN(CCCCCc2ccc3c(n2)NCCC3)[C@H](C)C1. The predicted octanol–water partition coefficient (Wildman–Crippen LogP) is 6.39. The van der Waals surface area contributed by atoms with Gasteiger partial charge in [0.05, 0.1) is 13.0 Å². The third-order valence-corrected chi connectivity index (χ3v) is 8.42. The van der Waals surface area contributed by atoms with Crippen molar-refractivity contribution in [2.45, 2.75) is 90.0 Å². The molecule has 2 aliphatic rings. The lowest BCUT2D eigenvalue weighted by Gasteiger charge is -2.40. The third-order valence-electron chi connectivity index (χ3n) is 8.42. The number of aromatic nitrogens is 1. The molecule has 6 nitrogen and oxygen atoms in total. The van der Waals surface area contributed by atoms with Crippen LogP contribution in [0.2, 0.25) is 0 Å². The molecule has 1 fully saturated rings. The summed E-state index contributed by atoms with van der Waals surface area (Å²) in [5.41, 5.74) is 3.77. The van der Waals surface area contributed by atoms with E-state index in [0.717, 1.165) is 76.0 Å². The predicted molar refractivity (Wildman–Crippen MR) is 150 cm³/mol. The van der Waals surface area contributed by atoms with Crippen LogP contribution in [-0.2, 0) is 17.6 Å². The number of unbranched alkanes of at least 4 members (excludes halogenated alkanes) is 2. The van der Waals surface area contributed by atoms with Gasteiger partial charge in [-0.2, -0.15) is 0 Å². The standard InChI is InChI=1S/C31H44FN3O3/c1-20(2)24-18-26(29(38-4)27(32)19-24)28(31(36)37)23-13-16-35(21(3)17-23)15-7-5-6-10-25-12-11-22-9-8-14-33-30(22)34-25/h11-12,18-21,23,28H,5-10,13-17H2,1-4H3,(H,33,34)(H,36,37)/t21-,23-,28+/m1/s1. The van der Waals surface area contributed by atoms with E-state index in [1.807, 2.05) is 19.9 Å². The number of carboxylic acid groups (broad SMARTS) is 1. The number of fused-ring (bicyclic) bond motifs is 1. The van der Waals surface area contributed by atoms with Gasteiger partial charge in [-0.3, -0.25) is 4.79 Å². The maximum atomic E-state index is 14.9. The monoisotopic (exact) mass is 525 g/mol. The number of nitrogens with one attached hydrogen (secondary N) is 1. The number of hydrogen-bond acceptors (Lipinski definition) is 5. The van der Waals surface area contributed by atoms with Crippen LogP contribution in [0.1, 0.15) is 93.5 Å². The first-order valence-electron chi connectivity index (χ1n) is 14.3. The van der Waals surface area contributed by atoms with Gasteiger partial charge >= 0.3 is 5.97 Å². The van der Waals surface area contributed by atoms with E-state index in [-0.39, 0.29) is 23.6 Å². The number of rotatable bonds is 11. The van der Waals surface area contributed by atoms with Crippen LogP contribution in [-0.4, -0.2) is 53.7 Å². The van der Waals surface area contributed by atoms with Crippen molar-refractivity contribution in [2.75, 3.05) is 32.1 Å². The molecular weight excluding hydrogens is 481 g/mol. The lowest BCUT2D eigenvalue weighted by Crippen LogP contribution is -2.43. The summed E-state index contributed by atoms with van der Waals surface area (Å²) >= 11 is 0. The van der Waals surface area contributed by atoms with Gasteiger partial charge in [0, 0.05) is 23.8 Å². The Morgan fingerprint density at radius 1 is 1.26 bits per heavy atom. The van der Waals surface area contributed by atoms with Crippen LogP contribution in [0.15, 0.2) is 24.3 Å². The first-order chi connectivity index (χ1) is 18.3. The van der Waals surface area contributed by atoms with Crippen molar-refractivity contribution in [1.82, 2.24) is 9.88 Å². The highest BCUT2D eigenvalue weighted by Gasteiger charge is 2.37. The minimum absolute atomic E-state index is 0.0573. The molecule has 0 spiro atoms. The molecule has 208 valence electrons. The zero-order valence-corrected chi connectivity index (χ0v) is 23.4. The summed E-state index contributed by atoms with van der Waals surface area (Å²) in [5, 5.41) is 13.6. The number of halogens is 1. The number of hydrogen-bond donors (Lipinski definition) is 2. The van der Waals surface area contributed by atoms with Gasteiger partial charge in [0.1, 0.15) is 5.82 Å². The maximum absolute atomic E-state index is 14.9. The number of pyridine rings is 1.